The van der Waals surface area contributed by atoms with Gasteiger partial charge in [0.05, 0.1) is 25.2 Å². The molecule has 0 spiro atoms. The van der Waals surface area contributed by atoms with Crippen LogP contribution in [0.3, 0.4) is 0 Å². The van der Waals surface area contributed by atoms with E-state index in [4.69, 9.17) is 5.26 Å². The van der Waals surface area contributed by atoms with Crippen LogP contribution >= 0.6 is 0 Å². The average molecular weight is 342 g/mol. The SMILES string of the molecule is COC(=O)[C@H](C[C@H](C)C#N)NC(=O)Cc1cccc(C(F)(F)F)c1. The molecule has 0 saturated carbocycles. The number of amides is 1. The first-order valence-electron chi connectivity index (χ1n) is 7.10. The number of carbonyl (C=O) groups is 2. The fourth-order valence-electron chi connectivity index (χ4n) is 2.05. The molecule has 8 heteroatoms. The maximum Gasteiger partial charge on any atom is 0.416 e. The van der Waals surface area contributed by atoms with Crippen LogP contribution in [0.4, 0.5) is 13.2 Å². The number of nitrogens with one attached hydrogen (secondary N) is 1. The molecule has 0 aromatic heterocycles. The lowest BCUT2D eigenvalue weighted by atomic mass is 10.0. The quantitative estimate of drug-likeness (QED) is 0.806. The largest absolute Gasteiger partial charge is 0.467 e. The molecule has 0 radical (unpaired) electrons. The lowest BCUT2D eigenvalue weighted by Crippen LogP contribution is -2.43. The van der Waals surface area contributed by atoms with Crippen molar-refractivity contribution in [2.75, 3.05) is 7.11 Å². The fraction of sp³-hybridized carbons (Fsp3) is 0.438. The third-order valence-corrected chi connectivity index (χ3v) is 3.25. The van der Waals surface area contributed by atoms with Crippen molar-refractivity contribution in [2.24, 2.45) is 5.92 Å². The van der Waals surface area contributed by atoms with Crippen molar-refractivity contribution >= 4 is 11.9 Å². The highest BCUT2D eigenvalue weighted by Crippen LogP contribution is 2.29. The topological polar surface area (TPSA) is 79.2 Å². The second-order valence-electron chi connectivity index (χ2n) is 5.28. The lowest BCUT2D eigenvalue weighted by Gasteiger charge is -2.17. The first kappa shape index (κ1) is 19.5. The van der Waals surface area contributed by atoms with Crippen LogP contribution in [-0.4, -0.2) is 25.0 Å². The van der Waals surface area contributed by atoms with Crippen molar-refractivity contribution in [1.82, 2.24) is 5.32 Å². The third kappa shape index (κ3) is 5.91. The monoisotopic (exact) mass is 342 g/mol. The Kier molecular flexibility index (Phi) is 6.77. The Morgan fingerprint density at radius 3 is 2.58 bits per heavy atom. The molecule has 1 aromatic rings. The molecule has 0 aliphatic heterocycles. The number of nitriles is 1. The van der Waals surface area contributed by atoms with Crippen LogP contribution in [0.1, 0.15) is 24.5 Å². The van der Waals surface area contributed by atoms with Crippen LogP contribution in [0.5, 0.6) is 0 Å². The van der Waals surface area contributed by atoms with E-state index in [0.717, 1.165) is 19.2 Å². The summed E-state index contributed by atoms with van der Waals surface area (Å²) >= 11 is 0. The molecule has 1 amide bonds. The molecular weight excluding hydrogens is 325 g/mol. The minimum absolute atomic E-state index is 0.0531. The molecule has 5 nitrogen and oxygen atoms in total. The summed E-state index contributed by atoms with van der Waals surface area (Å²) in [5.41, 5.74) is -0.685. The van der Waals surface area contributed by atoms with Gasteiger partial charge in [0.25, 0.3) is 0 Å². The summed E-state index contributed by atoms with van der Waals surface area (Å²) < 4.78 is 42.5. The number of alkyl halides is 3. The van der Waals surface area contributed by atoms with Gasteiger partial charge in [-0.3, -0.25) is 4.79 Å². The minimum Gasteiger partial charge on any atom is -0.467 e. The van der Waals surface area contributed by atoms with Gasteiger partial charge < -0.3 is 10.1 Å². The smallest absolute Gasteiger partial charge is 0.416 e. The number of hydrogen-bond donors (Lipinski definition) is 1. The van der Waals surface area contributed by atoms with Gasteiger partial charge in [-0.2, -0.15) is 18.4 Å². The van der Waals surface area contributed by atoms with E-state index in [1.54, 1.807) is 6.92 Å². The molecule has 0 saturated heterocycles. The molecule has 1 aromatic carbocycles. The lowest BCUT2D eigenvalue weighted by molar-refractivity contribution is -0.145. The third-order valence-electron chi connectivity index (χ3n) is 3.25. The van der Waals surface area contributed by atoms with Gasteiger partial charge in [0.1, 0.15) is 6.04 Å². The number of ether oxygens (including phenoxy) is 1. The zero-order valence-corrected chi connectivity index (χ0v) is 13.2. The van der Waals surface area contributed by atoms with Crippen molar-refractivity contribution in [3.8, 4) is 6.07 Å². The van der Waals surface area contributed by atoms with Crippen LogP contribution in [0.2, 0.25) is 0 Å². The summed E-state index contributed by atoms with van der Waals surface area (Å²) in [6, 6.07) is 5.30. The van der Waals surface area contributed by atoms with Gasteiger partial charge in [-0.05, 0) is 25.0 Å². The number of nitrogens with zero attached hydrogens (tertiary/aromatic N) is 1. The molecule has 2 atom stereocenters. The summed E-state index contributed by atoms with van der Waals surface area (Å²) in [5.74, 6) is -1.84. The van der Waals surface area contributed by atoms with Gasteiger partial charge in [-0.15, -0.1) is 0 Å². The van der Waals surface area contributed by atoms with E-state index < -0.39 is 35.6 Å². The second kappa shape index (κ2) is 8.34. The predicted molar refractivity (Wildman–Crippen MR) is 78.5 cm³/mol. The van der Waals surface area contributed by atoms with Gasteiger partial charge in [-0.25, -0.2) is 4.79 Å². The normalized spacial score (nSPS) is 13.5. The molecular formula is C16H17F3N2O3. The number of halogens is 3. The van der Waals surface area contributed by atoms with Crippen molar-refractivity contribution in [2.45, 2.75) is 32.0 Å². The van der Waals surface area contributed by atoms with Crippen LogP contribution < -0.4 is 5.32 Å². The maximum absolute atomic E-state index is 12.7. The van der Waals surface area contributed by atoms with Gasteiger partial charge in [0, 0.05) is 5.92 Å². The Hall–Kier alpha value is -2.56. The molecule has 1 rings (SSSR count). The van der Waals surface area contributed by atoms with E-state index in [9.17, 15) is 22.8 Å². The highest BCUT2D eigenvalue weighted by molar-refractivity contribution is 5.85. The van der Waals surface area contributed by atoms with Gasteiger partial charge in [-0.1, -0.05) is 18.2 Å². The highest BCUT2D eigenvalue weighted by Gasteiger charge is 2.30. The van der Waals surface area contributed by atoms with Crippen LogP contribution in [0.25, 0.3) is 0 Å². The van der Waals surface area contributed by atoms with E-state index in [0.29, 0.717) is 0 Å². The van der Waals surface area contributed by atoms with Gasteiger partial charge in [0.15, 0.2) is 0 Å². The molecule has 130 valence electrons. The number of methoxy groups -OCH3 is 1. The standard InChI is InChI=1S/C16H17F3N2O3/c1-10(9-20)6-13(15(23)24-2)21-14(22)8-11-4-3-5-12(7-11)16(17,18)19/h3-5,7,10,13H,6,8H2,1-2H3,(H,21,22)/t10-,13-/m0/s1. The Bertz CT molecular complexity index is 638. The van der Waals surface area contributed by atoms with Crippen molar-refractivity contribution < 1.29 is 27.5 Å². The maximum atomic E-state index is 12.7. The average Bonchev–Trinajstić information content (AvgIpc) is 2.52. The summed E-state index contributed by atoms with van der Waals surface area (Å²) in [5, 5.41) is 11.2. The van der Waals surface area contributed by atoms with E-state index >= 15 is 0 Å². The Morgan fingerprint density at radius 1 is 1.38 bits per heavy atom. The molecule has 0 heterocycles. The number of rotatable bonds is 6. The Morgan fingerprint density at radius 2 is 2.04 bits per heavy atom. The predicted octanol–water partition coefficient (Wildman–Crippen LogP) is 2.46. The Balaban J connectivity index is 2.79. The molecule has 0 bridgehead atoms. The van der Waals surface area contributed by atoms with Crippen LogP contribution in [-0.2, 0) is 26.9 Å². The van der Waals surface area contributed by atoms with Gasteiger partial charge in [0.2, 0.25) is 5.91 Å². The van der Waals surface area contributed by atoms with E-state index in [1.165, 1.54) is 12.1 Å². The molecule has 0 fully saturated rings. The van der Waals surface area contributed by atoms with Crippen LogP contribution in [0, 0.1) is 17.2 Å². The molecule has 24 heavy (non-hydrogen) atoms. The van der Waals surface area contributed by atoms with E-state index in [2.05, 4.69) is 10.1 Å². The van der Waals surface area contributed by atoms with Crippen LogP contribution in [0.15, 0.2) is 24.3 Å². The summed E-state index contributed by atoms with van der Waals surface area (Å²) in [4.78, 5) is 23.6. The number of benzene rings is 1. The fourth-order valence-corrected chi connectivity index (χ4v) is 2.05. The van der Waals surface area contributed by atoms with Crippen molar-refractivity contribution in [3.63, 3.8) is 0 Å². The minimum atomic E-state index is -4.50. The van der Waals surface area contributed by atoms with Crippen molar-refractivity contribution in [1.29, 1.82) is 5.26 Å². The molecule has 1 N–H and O–H groups in total. The molecule has 0 unspecified atom stereocenters. The zero-order chi connectivity index (χ0) is 18.3. The zero-order valence-electron chi connectivity index (χ0n) is 13.2. The number of carbonyl (C=O) groups excluding carboxylic acids is 2. The highest BCUT2D eigenvalue weighted by atomic mass is 19.4. The Labute approximate surface area is 137 Å². The summed E-state index contributed by atoms with van der Waals surface area (Å²) in [7, 11) is 1.14. The van der Waals surface area contributed by atoms with Crippen molar-refractivity contribution in [3.05, 3.63) is 35.4 Å². The van der Waals surface area contributed by atoms with Gasteiger partial charge >= 0.3 is 12.1 Å². The van der Waals surface area contributed by atoms with E-state index in [-0.39, 0.29) is 18.4 Å². The molecule has 0 aliphatic rings. The number of hydrogen-bond acceptors (Lipinski definition) is 4. The number of esters is 1. The summed E-state index contributed by atoms with van der Waals surface area (Å²) in [6.45, 7) is 1.58. The summed E-state index contributed by atoms with van der Waals surface area (Å²) in [6.07, 6.45) is -4.76. The first-order chi connectivity index (χ1) is 11.2. The second-order valence-corrected chi connectivity index (χ2v) is 5.28. The molecule has 0 aliphatic carbocycles. The first-order valence-corrected chi connectivity index (χ1v) is 7.10. The van der Waals surface area contributed by atoms with E-state index in [1.807, 2.05) is 6.07 Å².